The Hall–Kier alpha value is -2.47. The van der Waals surface area contributed by atoms with Gasteiger partial charge in [0.15, 0.2) is 0 Å². The number of benzene rings is 1. The highest BCUT2D eigenvalue weighted by molar-refractivity contribution is 5.92. The highest BCUT2D eigenvalue weighted by Gasteiger charge is 2.27. The van der Waals surface area contributed by atoms with Crippen LogP contribution in [0.1, 0.15) is 24.3 Å². The molecule has 2 heterocycles. The molecule has 2 aromatic rings. The molecule has 1 aliphatic heterocycles. The summed E-state index contributed by atoms with van der Waals surface area (Å²) in [4.78, 5) is 26.4. The van der Waals surface area contributed by atoms with Gasteiger partial charge in [-0.25, -0.2) is 0 Å². The predicted molar refractivity (Wildman–Crippen MR) is 85.7 cm³/mol. The van der Waals surface area contributed by atoms with Gasteiger partial charge >= 0.3 is 0 Å². The molecule has 6 heteroatoms. The molecule has 0 spiro atoms. The van der Waals surface area contributed by atoms with Gasteiger partial charge in [-0.2, -0.15) is 9.78 Å². The molecule has 0 unspecified atom stereocenters. The summed E-state index contributed by atoms with van der Waals surface area (Å²) in [5.74, 6) is -0.184. The van der Waals surface area contributed by atoms with Crippen LogP contribution in [0.4, 0.5) is 0 Å². The van der Waals surface area contributed by atoms with E-state index in [1.165, 1.54) is 16.8 Å². The van der Waals surface area contributed by atoms with Gasteiger partial charge in [0.25, 0.3) is 11.5 Å². The summed E-state index contributed by atoms with van der Waals surface area (Å²) < 4.78 is 6.90. The number of nitrogens with zero attached hydrogens (tertiary/aromatic N) is 3. The fourth-order valence-electron chi connectivity index (χ4n) is 2.79. The average molecular weight is 313 g/mol. The van der Waals surface area contributed by atoms with Crippen LogP contribution < -0.4 is 5.56 Å². The van der Waals surface area contributed by atoms with E-state index in [9.17, 15) is 9.59 Å². The Morgan fingerprint density at radius 2 is 1.74 bits per heavy atom. The van der Waals surface area contributed by atoms with Crippen LogP contribution >= 0.6 is 0 Å². The Labute approximate surface area is 134 Å². The van der Waals surface area contributed by atoms with E-state index in [2.05, 4.69) is 5.10 Å². The standard InChI is InChI=1S/C17H19N3O3/c1-12-10-19(11-13(2)23-12)17(22)15-8-9-16(21)20(18-15)14-6-4-3-5-7-14/h3-9,12-13H,10-11H2,1-2H3/t12-,13-/m1/s1. The van der Waals surface area contributed by atoms with Crippen LogP contribution in [0.2, 0.25) is 0 Å². The summed E-state index contributed by atoms with van der Waals surface area (Å²) in [6.45, 7) is 4.92. The van der Waals surface area contributed by atoms with Gasteiger partial charge in [-0.1, -0.05) is 18.2 Å². The van der Waals surface area contributed by atoms with Gasteiger partial charge in [-0.15, -0.1) is 0 Å². The van der Waals surface area contributed by atoms with Crippen LogP contribution in [-0.4, -0.2) is 45.9 Å². The monoisotopic (exact) mass is 313 g/mol. The van der Waals surface area contributed by atoms with E-state index < -0.39 is 0 Å². The van der Waals surface area contributed by atoms with Crippen molar-refractivity contribution in [1.82, 2.24) is 14.7 Å². The lowest BCUT2D eigenvalue weighted by atomic mass is 10.2. The van der Waals surface area contributed by atoms with Crippen LogP contribution in [0.25, 0.3) is 5.69 Å². The molecule has 1 aliphatic rings. The van der Waals surface area contributed by atoms with Crippen molar-refractivity contribution in [2.24, 2.45) is 0 Å². The summed E-state index contributed by atoms with van der Waals surface area (Å²) >= 11 is 0. The molecule has 0 bridgehead atoms. The summed E-state index contributed by atoms with van der Waals surface area (Å²) in [5, 5.41) is 4.24. The second-order valence-electron chi connectivity index (χ2n) is 5.77. The number of hydrogen-bond acceptors (Lipinski definition) is 4. The molecule has 0 saturated carbocycles. The number of carbonyl (C=O) groups excluding carboxylic acids is 1. The second-order valence-corrected chi connectivity index (χ2v) is 5.77. The molecule has 2 atom stereocenters. The molecule has 3 rings (SSSR count). The first-order valence-corrected chi connectivity index (χ1v) is 7.65. The smallest absolute Gasteiger partial charge is 0.274 e. The summed E-state index contributed by atoms with van der Waals surface area (Å²) in [6.07, 6.45) is -0.0227. The number of hydrogen-bond donors (Lipinski definition) is 0. The number of rotatable bonds is 2. The quantitative estimate of drug-likeness (QED) is 0.842. The molecular formula is C17H19N3O3. The van der Waals surface area contributed by atoms with Crippen molar-refractivity contribution in [3.8, 4) is 5.69 Å². The van der Waals surface area contributed by atoms with Crippen LogP contribution in [0.5, 0.6) is 0 Å². The Bertz CT molecular complexity index is 747. The second kappa shape index (κ2) is 6.34. The van der Waals surface area contributed by atoms with Gasteiger partial charge in [-0.3, -0.25) is 9.59 Å². The van der Waals surface area contributed by atoms with E-state index in [1.54, 1.807) is 17.0 Å². The number of ether oxygens (including phenoxy) is 1. The molecule has 1 aromatic heterocycles. The lowest BCUT2D eigenvalue weighted by molar-refractivity contribution is -0.0587. The van der Waals surface area contributed by atoms with Crippen LogP contribution in [-0.2, 0) is 4.74 Å². The Morgan fingerprint density at radius 3 is 2.39 bits per heavy atom. The maximum absolute atomic E-state index is 12.7. The number of carbonyl (C=O) groups is 1. The molecule has 1 saturated heterocycles. The lowest BCUT2D eigenvalue weighted by Gasteiger charge is -2.35. The highest BCUT2D eigenvalue weighted by atomic mass is 16.5. The Morgan fingerprint density at radius 1 is 1.09 bits per heavy atom. The Kier molecular flexibility index (Phi) is 4.25. The number of aromatic nitrogens is 2. The minimum absolute atomic E-state index is 0.0114. The third-order valence-corrected chi connectivity index (χ3v) is 3.73. The molecule has 0 N–H and O–H groups in total. The van der Waals surface area contributed by atoms with E-state index in [4.69, 9.17) is 4.74 Å². The molecule has 1 aromatic carbocycles. The van der Waals surface area contributed by atoms with E-state index in [-0.39, 0.29) is 29.4 Å². The zero-order valence-electron chi connectivity index (χ0n) is 13.2. The first-order chi connectivity index (χ1) is 11.0. The van der Waals surface area contributed by atoms with Crippen LogP contribution in [0, 0.1) is 0 Å². The van der Waals surface area contributed by atoms with Crippen LogP contribution in [0.3, 0.4) is 0 Å². The third-order valence-electron chi connectivity index (χ3n) is 3.73. The number of morpholine rings is 1. The van der Waals surface area contributed by atoms with Gasteiger partial charge < -0.3 is 9.64 Å². The van der Waals surface area contributed by atoms with E-state index in [0.29, 0.717) is 18.8 Å². The number of para-hydroxylation sites is 1. The van der Waals surface area contributed by atoms with Gasteiger partial charge in [0.1, 0.15) is 5.69 Å². The summed E-state index contributed by atoms with van der Waals surface area (Å²) in [7, 11) is 0. The van der Waals surface area contributed by atoms with Gasteiger partial charge in [0, 0.05) is 19.2 Å². The highest BCUT2D eigenvalue weighted by Crippen LogP contribution is 2.13. The molecule has 1 fully saturated rings. The van der Waals surface area contributed by atoms with Gasteiger partial charge in [-0.05, 0) is 32.0 Å². The molecule has 6 nitrogen and oxygen atoms in total. The van der Waals surface area contributed by atoms with Crippen molar-refractivity contribution in [3.05, 3.63) is 58.5 Å². The average Bonchev–Trinajstić information content (AvgIpc) is 2.54. The van der Waals surface area contributed by atoms with E-state index in [1.807, 2.05) is 32.0 Å². The first-order valence-electron chi connectivity index (χ1n) is 7.65. The molecule has 0 aliphatic carbocycles. The van der Waals surface area contributed by atoms with Crippen molar-refractivity contribution in [2.75, 3.05) is 13.1 Å². The Balaban J connectivity index is 1.92. The van der Waals surface area contributed by atoms with Crippen LogP contribution in [0.15, 0.2) is 47.3 Å². The van der Waals surface area contributed by atoms with Crippen molar-refractivity contribution in [1.29, 1.82) is 0 Å². The molecular weight excluding hydrogens is 294 g/mol. The molecule has 1 amide bonds. The molecule has 23 heavy (non-hydrogen) atoms. The molecule has 0 radical (unpaired) electrons. The van der Waals surface area contributed by atoms with Crippen molar-refractivity contribution in [3.63, 3.8) is 0 Å². The van der Waals surface area contributed by atoms with Crippen molar-refractivity contribution < 1.29 is 9.53 Å². The van der Waals surface area contributed by atoms with Crippen molar-refractivity contribution >= 4 is 5.91 Å². The lowest BCUT2D eigenvalue weighted by Crippen LogP contribution is -2.48. The number of amides is 1. The SMILES string of the molecule is C[C@@H]1CN(C(=O)c2ccc(=O)n(-c3ccccc3)n2)C[C@@H](C)O1. The minimum atomic E-state index is -0.267. The normalized spacial score (nSPS) is 21.2. The first kappa shape index (κ1) is 15.4. The van der Waals surface area contributed by atoms with Gasteiger partial charge in [0.2, 0.25) is 0 Å². The molecule has 120 valence electrons. The zero-order chi connectivity index (χ0) is 16.4. The van der Waals surface area contributed by atoms with Crippen molar-refractivity contribution in [2.45, 2.75) is 26.1 Å². The maximum Gasteiger partial charge on any atom is 0.274 e. The van der Waals surface area contributed by atoms with Gasteiger partial charge in [0.05, 0.1) is 17.9 Å². The zero-order valence-corrected chi connectivity index (χ0v) is 13.2. The summed E-state index contributed by atoms with van der Waals surface area (Å²) in [5.41, 5.74) is 0.627. The summed E-state index contributed by atoms with van der Waals surface area (Å²) in [6, 6.07) is 11.9. The van der Waals surface area contributed by atoms with E-state index >= 15 is 0 Å². The van der Waals surface area contributed by atoms with E-state index in [0.717, 1.165) is 0 Å². The topological polar surface area (TPSA) is 64.4 Å². The largest absolute Gasteiger partial charge is 0.372 e. The third kappa shape index (κ3) is 3.32. The predicted octanol–water partition coefficient (Wildman–Crippen LogP) is 1.48. The fourth-order valence-corrected chi connectivity index (χ4v) is 2.79. The minimum Gasteiger partial charge on any atom is -0.372 e. The fraction of sp³-hybridized carbons (Fsp3) is 0.353. The maximum atomic E-state index is 12.7.